The van der Waals surface area contributed by atoms with E-state index in [0.717, 1.165) is 29.3 Å². The third-order valence-corrected chi connectivity index (χ3v) is 4.01. The SMILES string of the molecule is Nc1n[nH]c(CC2CCCCC2)c1-c1ccccn1. The lowest BCUT2D eigenvalue weighted by Gasteiger charge is -2.21. The van der Waals surface area contributed by atoms with E-state index in [1.165, 1.54) is 32.1 Å². The summed E-state index contributed by atoms with van der Waals surface area (Å²) < 4.78 is 0. The second kappa shape index (κ2) is 5.43. The number of nitrogens with one attached hydrogen (secondary N) is 1. The summed E-state index contributed by atoms with van der Waals surface area (Å²) in [5.74, 6) is 1.32. The molecule has 0 aliphatic heterocycles. The first-order valence-electron chi connectivity index (χ1n) is 7.08. The van der Waals surface area contributed by atoms with Gasteiger partial charge in [0.15, 0.2) is 5.82 Å². The molecule has 0 aromatic carbocycles. The molecule has 1 aliphatic carbocycles. The lowest BCUT2D eigenvalue weighted by Crippen LogP contribution is -2.10. The highest BCUT2D eigenvalue weighted by molar-refractivity contribution is 5.73. The van der Waals surface area contributed by atoms with Crippen LogP contribution in [0.15, 0.2) is 24.4 Å². The van der Waals surface area contributed by atoms with Crippen molar-refractivity contribution in [2.45, 2.75) is 38.5 Å². The van der Waals surface area contributed by atoms with Crippen molar-refractivity contribution < 1.29 is 0 Å². The highest BCUT2D eigenvalue weighted by atomic mass is 15.2. The van der Waals surface area contributed by atoms with Crippen molar-refractivity contribution in [3.63, 3.8) is 0 Å². The Morgan fingerprint density at radius 3 is 2.79 bits per heavy atom. The first-order valence-corrected chi connectivity index (χ1v) is 7.08. The van der Waals surface area contributed by atoms with E-state index < -0.39 is 0 Å². The fourth-order valence-electron chi connectivity index (χ4n) is 3.02. The predicted octanol–water partition coefficient (Wildman–Crippen LogP) is 3.18. The van der Waals surface area contributed by atoms with E-state index >= 15 is 0 Å². The molecule has 0 atom stereocenters. The third-order valence-electron chi connectivity index (χ3n) is 4.01. The van der Waals surface area contributed by atoms with Gasteiger partial charge >= 0.3 is 0 Å². The van der Waals surface area contributed by atoms with Gasteiger partial charge in [0.2, 0.25) is 0 Å². The van der Waals surface area contributed by atoms with E-state index in [4.69, 9.17) is 5.73 Å². The molecule has 4 nitrogen and oxygen atoms in total. The van der Waals surface area contributed by atoms with Gasteiger partial charge in [-0.25, -0.2) is 0 Å². The van der Waals surface area contributed by atoms with Gasteiger partial charge in [0, 0.05) is 11.9 Å². The molecule has 2 aromatic rings. The number of aromatic nitrogens is 3. The van der Waals surface area contributed by atoms with Crippen LogP contribution in [0.25, 0.3) is 11.3 Å². The van der Waals surface area contributed by atoms with Crippen LogP contribution in [0, 0.1) is 5.92 Å². The summed E-state index contributed by atoms with van der Waals surface area (Å²) in [5, 5.41) is 7.28. The molecule has 3 rings (SSSR count). The number of hydrogen-bond donors (Lipinski definition) is 2. The number of H-pyrrole nitrogens is 1. The second-order valence-corrected chi connectivity index (χ2v) is 5.39. The maximum Gasteiger partial charge on any atom is 0.154 e. The third kappa shape index (κ3) is 2.62. The zero-order chi connectivity index (χ0) is 13.1. The molecule has 4 heteroatoms. The average Bonchev–Trinajstić information content (AvgIpc) is 2.82. The van der Waals surface area contributed by atoms with Gasteiger partial charge in [-0.2, -0.15) is 5.10 Å². The van der Waals surface area contributed by atoms with Crippen molar-refractivity contribution in [2.24, 2.45) is 5.92 Å². The first kappa shape index (κ1) is 12.2. The van der Waals surface area contributed by atoms with Crippen molar-refractivity contribution in [3.8, 4) is 11.3 Å². The minimum atomic E-state index is 0.560. The van der Waals surface area contributed by atoms with E-state index in [2.05, 4.69) is 15.2 Å². The molecule has 100 valence electrons. The van der Waals surface area contributed by atoms with Gasteiger partial charge in [0.1, 0.15) is 0 Å². The maximum atomic E-state index is 6.00. The molecule has 3 N–H and O–H groups in total. The summed E-state index contributed by atoms with van der Waals surface area (Å²) in [7, 11) is 0. The number of anilines is 1. The second-order valence-electron chi connectivity index (χ2n) is 5.39. The first-order chi connectivity index (χ1) is 9.34. The van der Waals surface area contributed by atoms with Crippen LogP contribution < -0.4 is 5.73 Å². The van der Waals surface area contributed by atoms with E-state index in [1.807, 2.05) is 18.2 Å². The number of nitrogens with zero attached hydrogens (tertiary/aromatic N) is 2. The summed E-state index contributed by atoms with van der Waals surface area (Å²) in [6.45, 7) is 0. The minimum absolute atomic E-state index is 0.560. The van der Waals surface area contributed by atoms with Crippen LogP contribution >= 0.6 is 0 Å². The van der Waals surface area contributed by atoms with Crippen molar-refractivity contribution >= 4 is 5.82 Å². The van der Waals surface area contributed by atoms with Gasteiger partial charge in [-0.15, -0.1) is 0 Å². The number of nitrogens with two attached hydrogens (primary N) is 1. The monoisotopic (exact) mass is 256 g/mol. The lowest BCUT2D eigenvalue weighted by atomic mass is 9.85. The molecule has 0 radical (unpaired) electrons. The molecule has 0 amide bonds. The van der Waals surface area contributed by atoms with Gasteiger partial charge in [-0.05, 0) is 24.5 Å². The average molecular weight is 256 g/mol. The van der Waals surface area contributed by atoms with Crippen LogP contribution in [0.4, 0.5) is 5.82 Å². The Bertz CT molecular complexity index is 526. The zero-order valence-electron chi connectivity index (χ0n) is 11.1. The van der Waals surface area contributed by atoms with Crippen molar-refractivity contribution in [1.29, 1.82) is 0 Å². The van der Waals surface area contributed by atoms with Crippen LogP contribution in [0.3, 0.4) is 0 Å². The Morgan fingerprint density at radius 1 is 1.21 bits per heavy atom. The molecule has 1 saturated carbocycles. The van der Waals surface area contributed by atoms with E-state index in [-0.39, 0.29) is 0 Å². The van der Waals surface area contributed by atoms with Gasteiger partial charge in [-0.1, -0.05) is 38.2 Å². The summed E-state index contributed by atoms with van der Waals surface area (Å²) in [6.07, 6.45) is 9.57. The number of nitrogen functional groups attached to an aromatic ring is 1. The van der Waals surface area contributed by atoms with Crippen molar-refractivity contribution in [2.75, 3.05) is 5.73 Å². The van der Waals surface area contributed by atoms with Gasteiger partial charge in [-0.3, -0.25) is 10.1 Å². The normalized spacial score (nSPS) is 16.6. The van der Waals surface area contributed by atoms with E-state index in [9.17, 15) is 0 Å². The lowest BCUT2D eigenvalue weighted by molar-refractivity contribution is 0.354. The number of rotatable bonds is 3. The predicted molar refractivity (Wildman–Crippen MR) is 76.5 cm³/mol. The van der Waals surface area contributed by atoms with E-state index in [1.54, 1.807) is 6.20 Å². The summed E-state index contributed by atoms with van der Waals surface area (Å²) in [5.41, 5.74) is 9.05. The van der Waals surface area contributed by atoms with Gasteiger partial charge in [0.25, 0.3) is 0 Å². The van der Waals surface area contributed by atoms with Crippen molar-refractivity contribution in [3.05, 3.63) is 30.1 Å². The topological polar surface area (TPSA) is 67.6 Å². The Labute approximate surface area is 113 Å². The summed E-state index contributed by atoms with van der Waals surface area (Å²) in [4.78, 5) is 4.40. The fraction of sp³-hybridized carbons (Fsp3) is 0.467. The smallest absolute Gasteiger partial charge is 0.154 e. The molecule has 19 heavy (non-hydrogen) atoms. The molecule has 1 fully saturated rings. The van der Waals surface area contributed by atoms with E-state index in [0.29, 0.717) is 5.82 Å². The highest BCUT2D eigenvalue weighted by Gasteiger charge is 2.19. The summed E-state index contributed by atoms with van der Waals surface area (Å²) >= 11 is 0. The molecule has 0 bridgehead atoms. The molecule has 0 unspecified atom stereocenters. The molecule has 0 saturated heterocycles. The van der Waals surface area contributed by atoms with Crippen LogP contribution in [0.5, 0.6) is 0 Å². The Balaban J connectivity index is 1.86. The quantitative estimate of drug-likeness (QED) is 0.886. The zero-order valence-corrected chi connectivity index (χ0v) is 11.1. The van der Waals surface area contributed by atoms with Crippen LogP contribution in [0.2, 0.25) is 0 Å². The molecule has 2 heterocycles. The summed E-state index contributed by atoms with van der Waals surface area (Å²) in [6, 6.07) is 5.89. The van der Waals surface area contributed by atoms with Gasteiger partial charge < -0.3 is 5.73 Å². The minimum Gasteiger partial charge on any atom is -0.382 e. The van der Waals surface area contributed by atoms with Crippen LogP contribution in [-0.4, -0.2) is 15.2 Å². The molecular formula is C15H20N4. The largest absolute Gasteiger partial charge is 0.382 e. The van der Waals surface area contributed by atoms with Gasteiger partial charge in [0.05, 0.1) is 11.3 Å². The fourth-order valence-corrected chi connectivity index (χ4v) is 3.02. The van der Waals surface area contributed by atoms with Crippen LogP contribution in [0.1, 0.15) is 37.8 Å². The highest BCUT2D eigenvalue weighted by Crippen LogP contribution is 2.32. The maximum absolute atomic E-state index is 6.00. The molecule has 1 aliphatic rings. The number of aromatic amines is 1. The Morgan fingerprint density at radius 2 is 2.05 bits per heavy atom. The Hall–Kier alpha value is -1.84. The number of hydrogen-bond acceptors (Lipinski definition) is 3. The Kier molecular flexibility index (Phi) is 3.49. The molecular weight excluding hydrogens is 236 g/mol. The molecule has 0 spiro atoms. The standard InChI is InChI=1S/C15H20N4/c16-15-14(12-8-4-5-9-17-12)13(18-19-15)10-11-6-2-1-3-7-11/h4-5,8-9,11H,1-3,6-7,10H2,(H3,16,18,19). The van der Waals surface area contributed by atoms with Crippen molar-refractivity contribution in [1.82, 2.24) is 15.2 Å². The van der Waals surface area contributed by atoms with Crippen LogP contribution in [-0.2, 0) is 6.42 Å². The molecule has 2 aromatic heterocycles. The number of pyridine rings is 1.